The van der Waals surface area contributed by atoms with Gasteiger partial charge in [0.2, 0.25) is 0 Å². The zero-order valence-electron chi connectivity index (χ0n) is 15.8. The molecule has 2 rings (SSSR count). The molecule has 2 aromatic carbocycles. The Labute approximate surface area is 162 Å². The van der Waals surface area contributed by atoms with E-state index in [9.17, 15) is 9.90 Å². The van der Waals surface area contributed by atoms with Crippen LogP contribution >= 0.6 is 12.4 Å². The average molecular weight is 375 g/mol. The molecular weight excluding hydrogens is 348 g/mol. The van der Waals surface area contributed by atoms with Crippen molar-refractivity contribution >= 4 is 24.3 Å². The van der Waals surface area contributed by atoms with Gasteiger partial charge in [0.05, 0.1) is 0 Å². The fourth-order valence-corrected chi connectivity index (χ4v) is 2.66. The minimum absolute atomic E-state index is 0. The third-order valence-corrected chi connectivity index (χ3v) is 3.75. The normalized spacial score (nSPS) is 11.2. The fraction of sp³-hybridized carbons (Fsp3) is 0.286. The Morgan fingerprint density at radius 2 is 1.46 bits per heavy atom. The molecule has 0 saturated carbocycles. The van der Waals surface area contributed by atoms with Gasteiger partial charge in [-0.15, -0.1) is 12.4 Å². The highest BCUT2D eigenvalue weighted by molar-refractivity contribution is 6.07. The lowest BCUT2D eigenvalue weighted by molar-refractivity contribution is 0.104. The first-order valence-electron chi connectivity index (χ1n) is 8.28. The highest BCUT2D eigenvalue weighted by Crippen LogP contribution is 2.27. The number of phenols is 1. The predicted molar refractivity (Wildman–Crippen MR) is 110 cm³/mol. The van der Waals surface area contributed by atoms with Crippen molar-refractivity contribution in [2.24, 2.45) is 0 Å². The van der Waals surface area contributed by atoms with Gasteiger partial charge in [-0.1, -0.05) is 36.4 Å². The van der Waals surface area contributed by atoms with E-state index in [0.717, 1.165) is 16.7 Å². The highest BCUT2D eigenvalue weighted by atomic mass is 35.5. The van der Waals surface area contributed by atoms with Gasteiger partial charge in [0.1, 0.15) is 5.75 Å². The maximum absolute atomic E-state index is 12.6. The summed E-state index contributed by atoms with van der Waals surface area (Å²) in [5.41, 5.74) is 3.11. The fourth-order valence-electron chi connectivity index (χ4n) is 2.66. The van der Waals surface area contributed by atoms with Crippen LogP contribution in [0.2, 0.25) is 0 Å². The van der Waals surface area contributed by atoms with Gasteiger partial charge in [-0.25, -0.2) is 0 Å². The maximum atomic E-state index is 12.6. The van der Waals surface area contributed by atoms with Crippen LogP contribution in [0.15, 0.2) is 48.5 Å². The Kier molecular flexibility index (Phi) is 8.52. The largest absolute Gasteiger partial charge is 0.507 e. The minimum Gasteiger partial charge on any atom is -0.507 e. The first-order chi connectivity index (χ1) is 11.9. The number of carbonyl (C=O) groups excluding carboxylic acids is 1. The first-order valence-corrected chi connectivity index (χ1v) is 8.28. The van der Waals surface area contributed by atoms with Gasteiger partial charge in [0.25, 0.3) is 0 Å². The highest BCUT2D eigenvalue weighted by Gasteiger charge is 2.14. The van der Waals surface area contributed by atoms with E-state index in [4.69, 9.17) is 0 Å². The summed E-state index contributed by atoms with van der Waals surface area (Å²) in [4.78, 5) is 16.6. The number of ketones is 1. The Balaban J connectivity index is 0.00000338. The van der Waals surface area contributed by atoms with Crippen LogP contribution in [0.1, 0.15) is 27.0 Å². The standard InChI is InChI=1S/C21H26N2O2.ClH/c1-22(2)14-18-12-17(13-19(21(18)25)15-23(3)4)20(24)11-10-16-8-6-5-7-9-16;/h5-13,25H,14-15H2,1-4H3;1H. The van der Waals surface area contributed by atoms with Gasteiger partial charge >= 0.3 is 0 Å². The summed E-state index contributed by atoms with van der Waals surface area (Å²) in [6.07, 6.45) is 3.40. The van der Waals surface area contributed by atoms with Gasteiger partial charge in [-0.05, 0) is 52.0 Å². The number of nitrogens with zero attached hydrogens (tertiary/aromatic N) is 2. The Morgan fingerprint density at radius 3 is 1.92 bits per heavy atom. The predicted octanol–water partition coefficient (Wildman–Crippen LogP) is 3.83. The van der Waals surface area contributed by atoms with Gasteiger partial charge in [-0.2, -0.15) is 0 Å². The van der Waals surface area contributed by atoms with Gasteiger partial charge < -0.3 is 14.9 Å². The number of phenolic OH excluding ortho intramolecular Hbond substituents is 1. The van der Waals surface area contributed by atoms with Crippen LogP contribution in [0, 0.1) is 0 Å². The summed E-state index contributed by atoms with van der Waals surface area (Å²) in [6, 6.07) is 13.3. The van der Waals surface area contributed by atoms with Crippen molar-refractivity contribution in [2.45, 2.75) is 13.1 Å². The first kappa shape index (κ1) is 21.9. The monoisotopic (exact) mass is 374 g/mol. The number of carbonyl (C=O) groups is 1. The Morgan fingerprint density at radius 1 is 0.962 bits per heavy atom. The number of allylic oxidation sites excluding steroid dienone is 1. The molecule has 0 aromatic heterocycles. The number of rotatable bonds is 7. The van der Waals surface area contributed by atoms with Crippen molar-refractivity contribution in [1.29, 1.82) is 0 Å². The van der Waals surface area contributed by atoms with Crippen molar-refractivity contribution in [3.8, 4) is 5.75 Å². The van der Waals surface area contributed by atoms with Crippen molar-refractivity contribution in [3.63, 3.8) is 0 Å². The van der Waals surface area contributed by atoms with Crippen molar-refractivity contribution in [3.05, 3.63) is 70.8 Å². The van der Waals surface area contributed by atoms with Gasteiger partial charge in [0, 0.05) is 29.8 Å². The molecule has 0 aliphatic heterocycles. The molecule has 26 heavy (non-hydrogen) atoms. The van der Waals surface area contributed by atoms with E-state index in [1.54, 1.807) is 18.2 Å². The van der Waals surface area contributed by atoms with E-state index in [2.05, 4.69) is 0 Å². The molecule has 4 nitrogen and oxygen atoms in total. The summed E-state index contributed by atoms with van der Waals surface area (Å²) in [5, 5.41) is 10.5. The van der Waals surface area contributed by atoms with Gasteiger partial charge in [-0.3, -0.25) is 4.79 Å². The summed E-state index contributed by atoms with van der Waals surface area (Å²) >= 11 is 0. The van der Waals surface area contributed by atoms with E-state index in [1.165, 1.54) is 0 Å². The van der Waals surface area contributed by atoms with Crippen LogP contribution in [0.5, 0.6) is 5.75 Å². The molecule has 5 heteroatoms. The molecule has 0 radical (unpaired) electrons. The number of benzene rings is 2. The number of hydrogen-bond donors (Lipinski definition) is 1. The smallest absolute Gasteiger partial charge is 0.185 e. The molecule has 0 aliphatic carbocycles. The molecule has 0 atom stereocenters. The van der Waals surface area contributed by atoms with Crippen LogP contribution < -0.4 is 0 Å². The van der Waals surface area contributed by atoms with Crippen LogP contribution in [0.3, 0.4) is 0 Å². The Hall–Kier alpha value is -2.14. The van der Waals surface area contributed by atoms with E-state index in [1.807, 2.05) is 74.4 Å². The third kappa shape index (κ3) is 6.30. The van der Waals surface area contributed by atoms with E-state index < -0.39 is 0 Å². The quantitative estimate of drug-likeness (QED) is 0.590. The van der Waals surface area contributed by atoms with E-state index in [0.29, 0.717) is 18.7 Å². The summed E-state index contributed by atoms with van der Waals surface area (Å²) in [5.74, 6) is 0.204. The van der Waals surface area contributed by atoms with Crippen molar-refractivity contribution < 1.29 is 9.90 Å². The molecule has 0 saturated heterocycles. The number of hydrogen-bond acceptors (Lipinski definition) is 4. The summed E-state index contributed by atoms with van der Waals surface area (Å²) < 4.78 is 0. The molecule has 0 fully saturated rings. The number of halogens is 1. The lowest BCUT2D eigenvalue weighted by Crippen LogP contribution is -2.15. The second kappa shape index (κ2) is 10.1. The zero-order chi connectivity index (χ0) is 18.4. The van der Waals surface area contributed by atoms with Gasteiger partial charge in [0.15, 0.2) is 5.78 Å². The van der Waals surface area contributed by atoms with Crippen LogP contribution in [-0.2, 0) is 13.1 Å². The molecule has 0 amide bonds. The Bertz CT molecular complexity index is 725. The number of aromatic hydroxyl groups is 1. The summed E-state index contributed by atoms with van der Waals surface area (Å²) in [7, 11) is 7.76. The minimum atomic E-state index is -0.0659. The molecule has 0 heterocycles. The van der Waals surface area contributed by atoms with E-state index in [-0.39, 0.29) is 23.9 Å². The third-order valence-electron chi connectivity index (χ3n) is 3.75. The average Bonchev–Trinajstić information content (AvgIpc) is 2.56. The second-order valence-corrected chi connectivity index (χ2v) is 6.73. The van der Waals surface area contributed by atoms with Crippen LogP contribution in [0.25, 0.3) is 6.08 Å². The lowest BCUT2D eigenvalue weighted by Gasteiger charge is -2.17. The molecule has 2 aromatic rings. The zero-order valence-corrected chi connectivity index (χ0v) is 16.6. The maximum Gasteiger partial charge on any atom is 0.185 e. The molecule has 0 aliphatic rings. The lowest BCUT2D eigenvalue weighted by atomic mass is 10.00. The summed E-state index contributed by atoms with van der Waals surface area (Å²) in [6.45, 7) is 1.16. The molecular formula is C21H27ClN2O2. The van der Waals surface area contributed by atoms with Crippen molar-refractivity contribution in [1.82, 2.24) is 9.80 Å². The second-order valence-electron chi connectivity index (χ2n) is 6.73. The van der Waals surface area contributed by atoms with Crippen molar-refractivity contribution in [2.75, 3.05) is 28.2 Å². The van der Waals surface area contributed by atoms with Crippen LogP contribution in [0.4, 0.5) is 0 Å². The molecule has 0 unspecified atom stereocenters. The molecule has 0 spiro atoms. The topological polar surface area (TPSA) is 43.8 Å². The van der Waals surface area contributed by atoms with Crippen LogP contribution in [-0.4, -0.2) is 48.9 Å². The molecule has 0 bridgehead atoms. The molecule has 140 valence electrons. The molecule has 1 N–H and O–H groups in total. The SMILES string of the molecule is CN(C)Cc1cc(C(=O)C=Cc2ccccc2)cc(CN(C)C)c1O.Cl. The van der Waals surface area contributed by atoms with E-state index >= 15 is 0 Å².